The maximum Gasteiger partial charge on any atom is 0.150 e. The quantitative estimate of drug-likeness (QED) is 0.643. The molecule has 1 nitrogen and oxygen atoms in total. The zero-order valence-corrected chi connectivity index (χ0v) is 14.5. The minimum atomic E-state index is 0.0755. The van der Waals surface area contributed by atoms with Gasteiger partial charge in [0.2, 0.25) is 0 Å². The second-order valence-electron chi connectivity index (χ2n) is 8.00. The molecule has 0 unspecified atom stereocenters. The van der Waals surface area contributed by atoms with E-state index in [-0.39, 0.29) is 10.8 Å². The van der Waals surface area contributed by atoms with Crippen molar-refractivity contribution in [2.75, 3.05) is 0 Å². The molecule has 116 valence electrons. The van der Waals surface area contributed by atoms with Crippen molar-refractivity contribution in [3.8, 4) is 11.1 Å². The van der Waals surface area contributed by atoms with E-state index in [2.05, 4.69) is 59.7 Å². The van der Waals surface area contributed by atoms with E-state index in [0.717, 1.165) is 23.0 Å². The van der Waals surface area contributed by atoms with E-state index in [9.17, 15) is 4.79 Å². The van der Waals surface area contributed by atoms with Crippen LogP contribution in [0, 0.1) is 0 Å². The van der Waals surface area contributed by atoms with Gasteiger partial charge in [-0.3, -0.25) is 4.79 Å². The molecule has 0 N–H and O–H groups in total. The molecule has 0 amide bonds. The molecule has 0 aromatic heterocycles. The Morgan fingerprint density at radius 3 is 1.73 bits per heavy atom. The highest BCUT2D eigenvalue weighted by Crippen LogP contribution is 2.34. The normalized spacial score (nSPS) is 12.3. The molecule has 0 saturated heterocycles. The Hall–Kier alpha value is -1.89. The van der Waals surface area contributed by atoms with E-state index < -0.39 is 0 Å². The molecular formula is C21H26O. The average Bonchev–Trinajstić information content (AvgIpc) is 2.45. The Morgan fingerprint density at radius 1 is 0.773 bits per heavy atom. The van der Waals surface area contributed by atoms with Gasteiger partial charge in [-0.25, -0.2) is 0 Å². The van der Waals surface area contributed by atoms with E-state index in [1.807, 2.05) is 24.3 Å². The Morgan fingerprint density at radius 2 is 1.27 bits per heavy atom. The number of benzene rings is 2. The van der Waals surface area contributed by atoms with Gasteiger partial charge in [0.15, 0.2) is 6.29 Å². The monoisotopic (exact) mass is 294 g/mol. The van der Waals surface area contributed by atoms with Crippen LogP contribution in [0.3, 0.4) is 0 Å². The Labute approximate surface area is 134 Å². The summed E-state index contributed by atoms with van der Waals surface area (Å²) in [5.74, 6) is 0. The van der Waals surface area contributed by atoms with E-state index in [4.69, 9.17) is 0 Å². The van der Waals surface area contributed by atoms with Crippen molar-refractivity contribution >= 4 is 6.29 Å². The molecule has 0 aliphatic carbocycles. The van der Waals surface area contributed by atoms with Gasteiger partial charge in [0.05, 0.1) is 0 Å². The number of hydrogen-bond acceptors (Lipinski definition) is 1. The van der Waals surface area contributed by atoms with Gasteiger partial charge in [-0.1, -0.05) is 84.0 Å². The first-order valence-electron chi connectivity index (χ1n) is 7.83. The fraction of sp³-hybridized carbons (Fsp3) is 0.381. The highest BCUT2D eigenvalue weighted by atomic mass is 16.1. The minimum absolute atomic E-state index is 0.0755. The van der Waals surface area contributed by atoms with E-state index in [1.165, 1.54) is 11.1 Å². The predicted molar refractivity (Wildman–Crippen MR) is 94.7 cm³/mol. The summed E-state index contributed by atoms with van der Waals surface area (Å²) in [6, 6.07) is 14.5. The third-order valence-corrected chi connectivity index (χ3v) is 4.06. The summed E-state index contributed by atoms with van der Waals surface area (Å²) < 4.78 is 0. The Bertz CT molecular complexity index is 650. The van der Waals surface area contributed by atoms with Crippen LogP contribution in [-0.2, 0) is 10.8 Å². The lowest BCUT2D eigenvalue weighted by Crippen LogP contribution is -2.16. The van der Waals surface area contributed by atoms with Crippen molar-refractivity contribution in [1.82, 2.24) is 0 Å². The molecule has 0 bridgehead atoms. The fourth-order valence-corrected chi connectivity index (χ4v) is 2.51. The molecule has 0 heterocycles. The van der Waals surface area contributed by atoms with Gasteiger partial charge in [0, 0.05) is 5.56 Å². The molecule has 2 rings (SSSR count). The van der Waals surface area contributed by atoms with Gasteiger partial charge in [-0.2, -0.15) is 0 Å². The van der Waals surface area contributed by atoms with Crippen molar-refractivity contribution in [2.45, 2.75) is 52.4 Å². The van der Waals surface area contributed by atoms with Gasteiger partial charge in [-0.05, 0) is 33.1 Å². The molecule has 2 aromatic carbocycles. The second-order valence-corrected chi connectivity index (χ2v) is 8.00. The third kappa shape index (κ3) is 3.47. The van der Waals surface area contributed by atoms with Crippen molar-refractivity contribution in [3.05, 3.63) is 59.2 Å². The highest BCUT2D eigenvalue weighted by molar-refractivity contribution is 5.87. The van der Waals surface area contributed by atoms with Gasteiger partial charge in [0.1, 0.15) is 0 Å². The molecule has 0 fully saturated rings. The van der Waals surface area contributed by atoms with Crippen LogP contribution in [-0.4, -0.2) is 6.29 Å². The van der Waals surface area contributed by atoms with E-state index >= 15 is 0 Å². The highest BCUT2D eigenvalue weighted by Gasteiger charge is 2.21. The SMILES string of the molecule is CC(C)(C)c1cc(-c2ccccc2C=O)cc(C(C)(C)C)c1. The molecule has 0 spiro atoms. The molecular weight excluding hydrogens is 268 g/mol. The molecule has 0 saturated carbocycles. The van der Waals surface area contributed by atoms with Crippen molar-refractivity contribution in [2.24, 2.45) is 0 Å². The third-order valence-electron chi connectivity index (χ3n) is 4.06. The van der Waals surface area contributed by atoms with Crippen LogP contribution >= 0.6 is 0 Å². The van der Waals surface area contributed by atoms with Crippen LogP contribution < -0.4 is 0 Å². The van der Waals surface area contributed by atoms with Crippen LogP contribution in [0.1, 0.15) is 63.0 Å². The van der Waals surface area contributed by atoms with Crippen molar-refractivity contribution in [3.63, 3.8) is 0 Å². The molecule has 0 atom stereocenters. The molecule has 22 heavy (non-hydrogen) atoms. The predicted octanol–water partition coefficient (Wildman–Crippen LogP) is 5.76. The molecule has 0 aliphatic rings. The summed E-state index contributed by atoms with van der Waals surface area (Å²) in [5, 5.41) is 0. The summed E-state index contributed by atoms with van der Waals surface area (Å²) in [6.07, 6.45) is 0.940. The van der Waals surface area contributed by atoms with Crippen LogP contribution in [0.15, 0.2) is 42.5 Å². The lowest BCUT2D eigenvalue weighted by atomic mass is 9.78. The second kappa shape index (κ2) is 5.72. The minimum Gasteiger partial charge on any atom is -0.298 e. The lowest BCUT2D eigenvalue weighted by molar-refractivity contribution is 0.112. The zero-order chi connectivity index (χ0) is 16.5. The van der Waals surface area contributed by atoms with E-state index in [1.54, 1.807) is 0 Å². The number of hydrogen-bond donors (Lipinski definition) is 0. The first kappa shape index (κ1) is 16.5. The molecule has 2 aromatic rings. The fourth-order valence-electron chi connectivity index (χ4n) is 2.51. The van der Waals surface area contributed by atoms with Crippen molar-refractivity contribution in [1.29, 1.82) is 0 Å². The van der Waals surface area contributed by atoms with Gasteiger partial charge < -0.3 is 0 Å². The lowest BCUT2D eigenvalue weighted by Gasteiger charge is -2.26. The summed E-state index contributed by atoms with van der Waals surface area (Å²) in [4.78, 5) is 11.4. The zero-order valence-electron chi connectivity index (χ0n) is 14.5. The first-order valence-corrected chi connectivity index (χ1v) is 7.83. The van der Waals surface area contributed by atoms with Crippen LogP contribution in [0.4, 0.5) is 0 Å². The molecule has 0 radical (unpaired) electrons. The average molecular weight is 294 g/mol. The number of carbonyl (C=O) groups excluding carboxylic acids is 1. The Balaban J connectivity index is 2.73. The number of rotatable bonds is 2. The largest absolute Gasteiger partial charge is 0.298 e. The first-order chi connectivity index (χ1) is 10.1. The number of aldehydes is 1. The Kier molecular flexibility index (Phi) is 4.28. The maximum atomic E-state index is 11.4. The summed E-state index contributed by atoms with van der Waals surface area (Å²) in [6.45, 7) is 13.4. The maximum absolute atomic E-state index is 11.4. The summed E-state index contributed by atoms with van der Waals surface area (Å²) in [5.41, 5.74) is 5.63. The summed E-state index contributed by atoms with van der Waals surface area (Å²) >= 11 is 0. The van der Waals surface area contributed by atoms with Gasteiger partial charge >= 0.3 is 0 Å². The van der Waals surface area contributed by atoms with Crippen molar-refractivity contribution < 1.29 is 4.79 Å². The van der Waals surface area contributed by atoms with Gasteiger partial charge in [0.25, 0.3) is 0 Å². The van der Waals surface area contributed by atoms with Crippen LogP contribution in [0.5, 0.6) is 0 Å². The van der Waals surface area contributed by atoms with E-state index in [0.29, 0.717) is 0 Å². The smallest absolute Gasteiger partial charge is 0.150 e. The van der Waals surface area contributed by atoms with Crippen LogP contribution in [0.2, 0.25) is 0 Å². The topological polar surface area (TPSA) is 17.1 Å². The standard InChI is InChI=1S/C21H26O/c1-20(2,3)17-11-16(12-18(13-17)21(4,5)6)19-10-8-7-9-15(19)14-22/h7-14H,1-6H3. The van der Waals surface area contributed by atoms with Crippen LogP contribution in [0.25, 0.3) is 11.1 Å². The molecule has 1 heteroatoms. The number of carbonyl (C=O) groups is 1. The van der Waals surface area contributed by atoms with Gasteiger partial charge in [-0.15, -0.1) is 0 Å². The summed E-state index contributed by atoms with van der Waals surface area (Å²) in [7, 11) is 0. The molecule has 0 aliphatic heterocycles.